The first-order chi connectivity index (χ1) is 13.4. The fraction of sp³-hybridized carbons (Fsp3) is 0.304. The van der Waals surface area contributed by atoms with Gasteiger partial charge in [0.1, 0.15) is 5.82 Å². The Kier molecular flexibility index (Phi) is 4.46. The third kappa shape index (κ3) is 2.78. The molecule has 2 aromatic heterocycles. The van der Waals surface area contributed by atoms with E-state index >= 15 is 0 Å². The summed E-state index contributed by atoms with van der Waals surface area (Å²) in [5.41, 5.74) is 3.82. The minimum Gasteiger partial charge on any atom is -0.461 e. The maximum absolute atomic E-state index is 12.4. The molecule has 5 nitrogen and oxygen atoms in total. The highest BCUT2D eigenvalue weighted by Gasteiger charge is 2.19. The second-order valence-electron chi connectivity index (χ2n) is 7.44. The lowest BCUT2D eigenvalue weighted by molar-refractivity contribution is 0.0520. The highest BCUT2D eigenvalue weighted by molar-refractivity contribution is 6.16. The Labute approximate surface area is 164 Å². The van der Waals surface area contributed by atoms with Gasteiger partial charge in [0.15, 0.2) is 5.69 Å². The number of nitrogens with zero attached hydrogens (tertiary/aromatic N) is 2. The quantitative estimate of drug-likeness (QED) is 0.499. The number of rotatable bonds is 4. The van der Waals surface area contributed by atoms with E-state index in [9.17, 15) is 4.79 Å². The van der Waals surface area contributed by atoms with E-state index in [-0.39, 0.29) is 6.04 Å². The van der Waals surface area contributed by atoms with Crippen molar-refractivity contribution in [3.05, 3.63) is 47.7 Å². The summed E-state index contributed by atoms with van der Waals surface area (Å²) >= 11 is 0. The standard InChI is InChI=1S/C23H25N3O2/c1-6-28-23(27)19-12-16-14(4)21-17(11-18(16)22(25-19)24-13(2)3)15-9-7-8-10-20(15)26(21)5/h7-13H,6H2,1-5H3,(H,24,25). The first-order valence-electron chi connectivity index (χ1n) is 9.67. The van der Waals surface area contributed by atoms with Crippen molar-refractivity contribution in [1.29, 1.82) is 0 Å². The number of ether oxygens (including phenoxy) is 1. The average molecular weight is 375 g/mol. The number of hydrogen-bond acceptors (Lipinski definition) is 4. The third-order valence-corrected chi connectivity index (χ3v) is 5.16. The lowest BCUT2D eigenvalue weighted by Gasteiger charge is -2.16. The van der Waals surface area contributed by atoms with Crippen molar-refractivity contribution < 1.29 is 9.53 Å². The molecule has 4 rings (SSSR count). The lowest BCUT2D eigenvalue weighted by Crippen LogP contribution is -2.14. The predicted molar refractivity (Wildman–Crippen MR) is 115 cm³/mol. The molecule has 2 heterocycles. The SMILES string of the molecule is CCOC(=O)c1cc2c(C)c3c(cc2c(NC(C)C)n1)c1ccccc1n3C. The van der Waals surface area contributed by atoms with Crippen LogP contribution in [0.5, 0.6) is 0 Å². The van der Waals surface area contributed by atoms with Gasteiger partial charge in [-0.05, 0) is 56.8 Å². The van der Waals surface area contributed by atoms with Gasteiger partial charge in [0.25, 0.3) is 0 Å². The lowest BCUT2D eigenvalue weighted by atomic mass is 10.0. The zero-order valence-electron chi connectivity index (χ0n) is 17.0. The van der Waals surface area contributed by atoms with Gasteiger partial charge in [-0.25, -0.2) is 9.78 Å². The van der Waals surface area contributed by atoms with Crippen LogP contribution < -0.4 is 5.32 Å². The molecule has 0 radical (unpaired) electrons. The number of fused-ring (bicyclic) bond motifs is 4. The molecule has 1 N–H and O–H groups in total. The van der Waals surface area contributed by atoms with Gasteiger partial charge in [-0.2, -0.15) is 0 Å². The smallest absolute Gasteiger partial charge is 0.357 e. The molecule has 0 spiro atoms. The van der Waals surface area contributed by atoms with Crippen LogP contribution in [-0.4, -0.2) is 28.2 Å². The molecule has 28 heavy (non-hydrogen) atoms. The van der Waals surface area contributed by atoms with Gasteiger partial charge in [-0.3, -0.25) is 0 Å². The number of benzene rings is 2. The Hall–Kier alpha value is -3.08. The van der Waals surface area contributed by atoms with Crippen LogP contribution in [-0.2, 0) is 11.8 Å². The number of nitrogens with one attached hydrogen (secondary N) is 1. The Bertz CT molecular complexity index is 1220. The molecule has 5 heteroatoms. The van der Waals surface area contributed by atoms with Crippen LogP contribution in [0.3, 0.4) is 0 Å². The van der Waals surface area contributed by atoms with Gasteiger partial charge >= 0.3 is 5.97 Å². The number of aromatic nitrogens is 2. The number of pyridine rings is 1. The zero-order valence-corrected chi connectivity index (χ0v) is 17.0. The largest absolute Gasteiger partial charge is 0.461 e. The van der Waals surface area contributed by atoms with E-state index in [1.165, 1.54) is 21.8 Å². The molecule has 2 aromatic carbocycles. The number of carbonyl (C=O) groups is 1. The molecule has 0 fully saturated rings. The van der Waals surface area contributed by atoms with E-state index in [0.29, 0.717) is 18.1 Å². The van der Waals surface area contributed by atoms with E-state index in [4.69, 9.17) is 4.74 Å². The van der Waals surface area contributed by atoms with E-state index in [1.807, 2.05) is 6.07 Å². The van der Waals surface area contributed by atoms with Crippen LogP contribution >= 0.6 is 0 Å². The summed E-state index contributed by atoms with van der Waals surface area (Å²) < 4.78 is 7.42. The first-order valence-corrected chi connectivity index (χ1v) is 9.67. The van der Waals surface area contributed by atoms with E-state index < -0.39 is 5.97 Å². The summed E-state index contributed by atoms with van der Waals surface area (Å²) in [4.78, 5) is 17.0. The molecule has 0 atom stereocenters. The molecule has 144 valence electrons. The number of esters is 1. The van der Waals surface area contributed by atoms with Crippen LogP contribution in [0, 0.1) is 6.92 Å². The normalized spacial score (nSPS) is 11.6. The van der Waals surface area contributed by atoms with Crippen molar-refractivity contribution in [3.63, 3.8) is 0 Å². The molecule has 0 aliphatic carbocycles. The molecular formula is C23H25N3O2. The Morgan fingerprint density at radius 2 is 1.89 bits per heavy atom. The minimum absolute atomic E-state index is 0.191. The van der Waals surface area contributed by atoms with Crippen molar-refractivity contribution in [2.24, 2.45) is 7.05 Å². The predicted octanol–water partition coefficient (Wildman–Crippen LogP) is 5.19. The first kappa shape index (κ1) is 18.3. The van der Waals surface area contributed by atoms with Crippen LogP contribution in [0.25, 0.3) is 32.6 Å². The molecule has 0 bridgehead atoms. The van der Waals surface area contributed by atoms with Crippen molar-refractivity contribution >= 4 is 44.4 Å². The van der Waals surface area contributed by atoms with Gasteiger partial charge in [-0.1, -0.05) is 18.2 Å². The monoisotopic (exact) mass is 375 g/mol. The second kappa shape index (κ2) is 6.82. The highest BCUT2D eigenvalue weighted by Crippen LogP contribution is 2.37. The summed E-state index contributed by atoms with van der Waals surface area (Å²) in [6.45, 7) is 8.36. The highest BCUT2D eigenvalue weighted by atomic mass is 16.5. The third-order valence-electron chi connectivity index (χ3n) is 5.16. The van der Waals surface area contributed by atoms with E-state index in [0.717, 1.165) is 16.3 Å². The van der Waals surface area contributed by atoms with Crippen LogP contribution in [0.1, 0.15) is 36.8 Å². The summed E-state index contributed by atoms with van der Waals surface area (Å²) in [6.07, 6.45) is 0. The minimum atomic E-state index is -0.396. The molecular weight excluding hydrogens is 350 g/mol. The number of para-hydroxylation sites is 1. The van der Waals surface area contributed by atoms with Crippen LogP contribution in [0.2, 0.25) is 0 Å². The van der Waals surface area contributed by atoms with Gasteiger partial charge in [-0.15, -0.1) is 0 Å². The van der Waals surface area contributed by atoms with Gasteiger partial charge in [0.2, 0.25) is 0 Å². The maximum Gasteiger partial charge on any atom is 0.357 e. The molecule has 0 amide bonds. The molecule has 0 saturated carbocycles. The van der Waals surface area contributed by atoms with Gasteiger partial charge in [0, 0.05) is 34.8 Å². The average Bonchev–Trinajstić information content (AvgIpc) is 2.95. The van der Waals surface area contributed by atoms with Crippen molar-refractivity contribution in [3.8, 4) is 0 Å². The summed E-state index contributed by atoms with van der Waals surface area (Å²) in [5, 5.41) is 7.85. The molecule has 0 saturated heterocycles. The van der Waals surface area contributed by atoms with E-state index in [1.54, 1.807) is 6.92 Å². The maximum atomic E-state index is 12.4. The molecule has 0 aliphatic heterocycles. The summed E-state index contributed by atoms with van der Waals surface area (Å²) in [5.74, 6) is 0.321. The fourth-order valence-electron chi connectivity index (χ4n) is 4.00. The number of carbonyl (C=O) groups excluding carboxylic acids is 1. The Balaban J connectivity index is 2.12. The van der Waals surface area contributed by atoms with Crippen LogP contribution in [0.4, 0.5) is 5.82 Å². The zero-order chi connectivity index (χ0) is 20.0. The van der Waals surface area contributed by atoms with Crippen molar-refractivity contribution in [1.82, 2.24) is 9.55 Å². The van der Waals surface area contributed by atoms with Crippen LogP contribution in [0.15, 0.2) is 36.4 Å². The van der Waals surface area contributed by atoms with Gasteiger partial charge < -0.3 is 14.6 Å². The van der Waals surface area contributed by atoms with Crippen molar-refractivity contribution in [2.75, 3.05) is 11.9 Å². The molecule has 0 unspecified atom stereocenters. The topological polar surface area (TPSA) is 56.1 Å². The molecule has 4 aromatic rings. The Morgan fingerprint density at radius 3 is 2.61 bits per heavy atom. The van der Waals surface area contributed by atoms with Gasteiger partial charge in [0.05, 0.1) is 12.1 Å². The number of hydrogen-bond donors (Lipinski definition) is 1. The fourth-order valence-corrected chi connectivity index (χ4v) is 4.00. The van der Waals surface area contributed by atoms with Crippen molar-refractivity contribution in [2.45, 2.75) is 33.7 Å². The second-order valence-corrected chi connectivity index (χ2v) is 7.44. The number of anilines is 1. The molecule has 0 aliphatic rings. The summed E-state index contributed by atoms with van der Waals surface area (Å²) in [6, 6.07) is 12.6. The Morgan fingerprint density at radius 1 is 1.14 bits per heavy atom. The van der Waals surface area contributed by atoms with E-state index in [2.05, 4.69) is 73.0 Å². The number of aryl methyl sites for hydroxylation is 2. The summed E-state index contributed by atoms with van der Waals surface area (Å²) in [7, 11) is 2.09.